The van der Waals surface area contributed by atoms with Crippen LogP contribution in [-0.2, 0) is 17.8 Å². The van der Waals surface area contributed by atoms with Crippen molar-refractivity contribution in [3.8, 4) is 11.5 Å². The lowest BCUT2D eigenvalue weighted by molar-refractivity contribution is -0.120. The lowest BCUT2D eigenvalue weighted by atomic mass is 10.1. The number of nitrogens with one attached hydrogen (secondary N) is 1. The van der Waals surface area contributed by atoms with Gasteiger partial charge in [0.05, 0.1) is 24.3 Å². The molecule has 0 atom stereocenters. The van der Waals surface area contributed by atoms with Crippen LogP contribution in [0.25, 0.3) is 0 Å². The standard InChI is InChI=1S/C24H21Br2ClN2O3/c1-2-31-22-12-18(14-28-29-23(30)13-16-3-7-19(25)8-4-16)11-21(27)24(22)32-15-17-5-9-20(26)10-6-17/h3-12,14H,2,13,15H2,1H3,(H,29,30)/b28-14-. The van der Waals surface area contributed by atoms with Crippen LogP contribution >= 0.6 is 43.5 Å². The molecule has 1 amide bonds. The van der Waals surface area contributed by atoms with E-state index >= 15 is 0 Å². The summed E-state index contributed by atoms with van der Waals surface area (Å²) in [6.45, 7) is 2.69. The van der Waals surface area contributed by atoms with Gasteiger partial charge >= 0.3 is 0 Å². The van der Waals surface area contributed by atoms with E-state index in [1.54, 1.807) is 12.1 Å². The number of rotatable bonds is 9. The van der Waals surface area contributed by atoms with Crippen molar-refractivity contribution in [1.29, 1.82) is 0 Å². The molecule has 3 rings (SSSR count). The first-order valence-corrected chi connectivity index (χ1v) is 11.8. The number of halogens is 3. The highest BCUT2D eigenvalue weighted by Gasteiger charge is 2.13. The summed E-state index contributed by atoms with van der Waals surface area (Å²) in [5.41, 5.74) is 5.11. The van der Waals surface area contributed by atoms with Crippen LogP contribution in [0, 0.1) is 0 Å². The van der Waals surface area contributed by atoms with Crippen molar-refractivity contribution in [1.82, 2.24) is 5.43 Å². The van der Waals surface area contributed by atoms with Gasteiger partial charge in [0.25, 0.3) is 0 Å². The van der Waals surface area contributed by atoms with Crippen molar-refractivity contribution in [2.45, 2.75) is 20.0 Å². The van der Waals surface area contributed by atoms with Crippen LogP contribution in [0.1, 0.15) is 23.6 Å². The molecule has 8 heteroatoms. The molecule has 0 saturated carbocycles. The zero-order valence-electron chi connectivity index (χ0n) is 17.3. The lowest BCUT2D eigenvalue weighted by Crippen LogP contribution is -2.19. The van der Waals surface area contributed by atoms with Crippen LogP contribution in [0.15, 0.2) is 74.7 Å². The zero-order chi connectivity index (χ0) is 22.9. The molecule has 0 saturated heterocycles. The molecule has 0 fully saturated rings. The van der Waals surface area contributed by atoms with Gasteiger partial charge in [-0.25, -0.2) is 5.43 Å². The minimum absolute atomic E-state index is 0.214. The fraction of sp³-hybridized carbons (Fsp3) is 0.167. The van der Waals surface area contributed by atoms with Gasteiger partial charge < -0.3 is 9.47 Å². The second-order valence-electron chi connectivity index (χ2n) is 6.77. The van der Waals surface area contributed by atoms with Crippen LogP contribution < -0.4 is 14.9 Å². The van der Waals surface area contributed by atoms with Gasteiger partial charge in [-0.15, -0.1) is 0 Å². The third-order valence-electron chi connectivity index (χ3n) is 4.31. The number of hydrogen-bond acceptors (Lipinski definition) is 4. The quantitative estimate of drug-likeness (QED) is 0.231. The summed E-state index contributed by atoms with van der Waals surface area (Å²) in [7, 11) is 0. The predicted molar refractivity (Wildman–Crippen MR) is 135 cm³/mol. The average molecular weight is 581 g/mol. The summed E-state index contributed by atoms with van der Waals surface area (Å²) >= 11 is 13.3. The maximum absolute atomic E-state index is 12.1. The summed E-state index contributed by atoms with van der Waals surface area (Å²) in [6, 6.07) is 18.9. The molecular formula is C24H21Br2ClN2O3. The van der Waals surface area contributed by atoms with E-state index in [0.29, 0.717) is 35.3 Å². The van der Waals surface area contributed by atoms with Crippen LogP contribution in [0.3, 0.4) is 0 Å². The highest BCUT2D eigenvalue weighted by molar-refractivity contribution is 9.10. The van der Waals surface area contributed by atoms with Gasteiger partial charge in [-0.05, 0) is 60.0 Å². The molecule has 0 aliphatic heterocycles. The van der Waals surface area contributed by atoms with Gasteiger partial charge in [0, 0.05) is 8.95 Å². The summed E-state index contributed by atoms with van der Waals surface area (Å²) in [6.07, 6.45) is 1.75. The number of hydrazone groups is 1. The molecular weight excluding hydrogens is 560 g/mol. The Morgan fingerprint density at radius 2 is 1.62 bits per heavy atom. The van der Waals surface area contributed by atoms with E-state index in [-0.39, 0.29) is 12.3 Å². The van der Waals surface area contributed by atoms with Crippen LogP contribution in [-0.4, -0.2) is 18.7 Å². The first-order valence-electron chi connectivity index (χ1n) is 9.84. The molecule has 5 nitrogen and oxygen atoms in total. The van der Waals surface area contributed by atoms with Crippen LogP contribution in [0.4, 0.5) is 0 Å². The highest BCUT2D eigenvalue weighted by Crippen LogP contribution is 2.37. The molecule has 0 heterocycles. The number of nitrogens with zero attached hydrogens (tertiary/aromatic N) is 1. The van der Waals surface area contributed by atoms with E-state index in [1.807, 2.05) is 55.5 Å². The number of hydrogen-bond donors (Lipinski definition) is 1. The molecule has 3 aromatic rings. The fourth-order valence-corrected chi connectivity index (χ4v) is 3.61. The molecule has 0 spiro atoms. The van der Waals surface area contributed by atoms with Crippen LogP contribution in [0.5, 0.6) is 11.5 Å². The number of carbonyl (C=O) groups is 1. The van der Waals surface area contributed by atoms with E-state index < -0.39 is 0 Å². The Kier molecular flexibility index (Phi) is 9.14. The zero-order valence-corrected chi connectivity index (χ0v) is 21.2. The molecule has 166 valence electrons. The first kappa shape index (κ1) is 24.3. The smallest absolute Gasteiger partial charge is 0.244 e. The topological polar surface area (TPSA) is 59.9 Å². The molecule has 3 aromatic carbocycles. The van der Waals surface area contributed by atoms with Crippen molar-refractivity contribution in [3.05, 3.63) is 91.3 Å². The van der Waals surface area contributed by atoms with Gasteiger partial charge in [-0.2, -0.15) is 5.10 Å². The van der Waals surface area contributed by atoms with Gasteiger partial charge in [-0.1, -0.05) is 67.7 Å². The van der Waals surface area contributed by atoms with Gasteiger partial charge in [0.15, 0.2) is 11.5 Å². The summed E-state index contributed by atoms with van der Waals surface area (Å²) < 4.78 is 13.6. The van der Waals surface area contributed by atoms with E-state index in [2.05, 4.69) is 42.4 Å². The molecule has 1 N–H and O–H groups in total. The average Bonchev–Trinajstić information content (AvgIpc) is 2.76. The van der Waals surface area contributed by atoms with E-state index in [0.717, 1.165) is 20.1 Å². The normalized spacial score (nSPS) is 10.9. The van der Waals surface area contributed by atoms with Gasteiger partial charge in [0.2, 0.25) is 5.91 Å². The molecule has 32 heavy (non-hydrogen) atoms. The number of amides is 1. The highest BCUT2D eigenvalue weighted by atomic mass is 79.9. The Morgan fingerprint density at radius 3 is 2.25 bits per heavy atom. The minimum atomic E-state index is -0.214. The maximum Gasteiger partial charge on any atom is 0.244 e. The Morgan fingerprint density at radius 1 is 1.00 bits per heavy atom. The summed E-state index contributed by atoms with van der Waals surface area (Å²) in [5, 5.41) is 4.43. The fourth-order valence-electron chi connectivity index (χ4n) is 2.81. The second kappa shape index (κ2) is 12.0. The second-order valence-corrected chi connectivity index (χ2v) is 9.01. The predicted octanol–water partition coefficient (Wildman–Crippen LogP) is 6.54. The minimum Gasteiger partial charge on any atom is -0.490 e. The largest absolute Gasteiger partial charge is 0.490 e. The molecule has 0 bridgehead atoms. The Hall–Kier alpha value is -2.35. The number of benzene rings is 3. The van der Waals surface area contributed by atoms with Crippen molar-refractivity contribution in [3.63, 3.8) is 0 Å². The van der Waals surface area contributed by atoms with Crippen molar-refractivity contribution >= 4 is 55.6 Å². The monoisotopic (exact) mass is 578 g/mol. The van der Waals surface area contributed by atoms with E-state index in [9.17, 15) is 4.79 Å². The van der Waals surface area contributed by atoms with Crippen molar-refractivity contribution in [2.24, 2.45) is 5.10 Å². The third kappa shape index (κ3) is 7.36. The maximum atomic E-state index is 12.1. The SMILES string of the molecule is CCOc1cc(/C=N\NC(=O)Cc2ccc(Br)cc2)cc(Cl)c1OCc1ccc(Br)cc1. The lowest BCUT2D eigenvalue weighted by Gasteiger charge is -2.14. The van der Waals surface area contributed by atoms with E-state index in [1.165, 1.54) is 6.21 Å². The molecule has 0 aliphatic rings. The Bertz CT molecular complexity index is 1090. The molecule has 0 unspecified atom stereocenters. The van der Waals surface area contributed by atoms with E-state index in [4.69, 9.17) is 21.1 Å². The van der Waals surface area contributed by atoms with Crippen molar-refractivity contribution < 1.29 is 14.3 Å². The molecule has 0 aromatic heterocycles. The van der Waals surface area contributed by atoms with Gasteiger partial charge in [-0.3, -0.25) is 4.79 Å². The van der Waals surface area contributed by atoms with Crippen LogP contribution in [0.2, 0.25) is 5.02 Å². The summed E-state index contributed by atoms with van der Waals surface area (Å²) in [4.78, 5) is 12.1. The van der Waals surface area contributed by atoms with Crippen molar-refractivity contribution in [2.75, 3.05) is 6.61 Å². The Labute approximate surface area is 209 Å². The molecule has 0 radical (unpaired) electrons. The molecule has 0 aliphatic carbocycles. The first-order chi connectivity index (χ1) is 15.4. The summed E-state index contributed by atoms with van der Waals surface area (Å²) in [5.74, 6) is 0.766. The Balaban J connectivity index is 1.65. The number of ether oxygens (including phenoxy) is 2. The third-order valence-corrected chi connectivity index (χ3v) is 5.65. The van der Waals surface area contributed by atoms with Gasteiger partial charge in [0.1, 0.15) is 6.61 Å². The number of carbonyl (C=O) groups excluding carboxylic acids is 1.